The third kappa shape index (κ3) is 2.72. The number of aryl methyl sites for hydroxylation is 1. The van der Waals surface area contributed by atoms with E-state index in [9.17, 15) is 0 Å². The highest BCUT2D eigenvalue weighted by atomic mass is 15.4. The van der Waals surface area contributed by atoms with Gasteiger partial charge in [-0.15, -0.1) is 0 Å². The molecule has 0 bridgehead atoms. The molecule has 78 valence electrons. The van der Waals surface area contributed by atoms with E-state index >= 15 is 0 Å². The Balaban J connectivity index is 2.82. The van der Waals surface area contributed by atoms with Crippen LogP contribution >= 0.6 is 0 Å². The van der Waals surface area contributed by atoms with E-state index in [1.165, 1.54) is 5.56 Å². The molecular formula is C11H19N3. The van der Waals surface area contributed by atoms with E-state index in [0.29, 0.717) is 6.67 Å². The average molecular weight is 193 g/mol. The van der Waals surface area contributed by atoms with Gasteiger partial charge in [0.05, 0.1) is 12.4 Å². The number of hydrogen-bond acceptors (Lipinski definition) is 3. The first kappa shape index (κ1) is 11.0. The average Bonchev–Trinajstić information content (AvgIpc) is 2.19. The smallest absolute Gasteiger partial charge is 0.0833 e. The minimum atomic E-state index is 0.667. The van der Waals surface area contributed by atoms with E-state index in [1.807, 2.05) is 13.1 Å². The number of benzene rings is 1. The van der Waals surface area contributed by atoms with Gasteiger partial charge in [-0.05, 0) is 25.1 Å². The van der Waals surface area contributed by atoms with Crippen molar-refractivity contribution in [3.8, 4) is 0 Å². The van der Waals surface area contributed by atoms with Crippen molar-refractivity contribution in [3.63, 3.8) is 0 Å². The van der Waals surface area contributed by atoms with Crippen molar-refractivity contribution < 1.29 is 0 Å². The first-order chi connectivity index (χ1) is 6.79. The fourth-order valence-electron chi connectivity index (χ4n) is 1.53. The van der Waals surface area contributed by atoms with Gasteiger partial charge in [0.1, 0.15) is 0 Å². The quantitative estimate of drug-likeness (QED) is 0.423. The Morgan fingerprint density at radius 3 is 2.71 bits per heavy atom. The first-order valence-electron chi connectivity index (χ1n) is 5.04. The van der Waals surface area contributed by atoms with Crippen LogP contribution in [0.3, 0.4) is 0 Å². The zero-order valence-corrected chi connectivity index (χ0v) is 8.96. The number of hydrogen-bond donors (Lipinski definition) is 2. The first-order valence-corrected chi connectivity index (χ1v) is 5.04. The zero-order valence-electron chi connectivity index (χ0n) is 8.96. The largest absolute Gasteiger partial charge is 0.302 e. The van der Waals surface area contributed by atoms with Gasteiger partial charge in [-0.3, -0.25) is 5.01 Å². The van der Waals surface area contributed by atoms with E-state index in [4.69, 9.17) is 5.84 Å². The Bertz CT molecular complexity index is 273. The Morgan fingerprint density at radius 2 is 2.07 bits per heavy atom. The van der Waals surface area contributed by atoms with Crippen molar-refractivity contribution in [1.82, 2.24) is 5.32 Å². The molecule has 0 aliphatic rings. The van der Waals surface area contributed by atoms with Gasteiger partial charge < -0.3 is 5.32 Å². The van der Waals surface area contributed by atoms with Crippen molar-refractivity contribution in [2.45, 2.75) is 19.8 Å². The SMILES string of the molecule is CCCc1ccccc1N(N)CNC. The predicted octanol–water partition coefficient (Wildman–Crippen LogP) is 1.50. The fourth-order valence-corrected chi connectivity index (χ4v) is 1.53. The summed E-state index contributed by atoms with van der Waals surface area (Å²) >= 11 is 0. The molecule has 0 radical (unpaired) electrons. The Labute approximate surface area is 85.9 Å². The molecule has 0 aliphatic carbocycles. The van der Waals surface area contributed by atoms with Crippen molar-refractivity contribution in [1.29, 1.82) is 0 Å². The monoisotopic (exact) mass is 193 g/mol. The van der Waals surface area contributed by atoms with Crippen LogP contribution in [0.15, 0.2) is 24.3 Å². The van der Waals surface area contributed by atoms with E-state index in [-0.39, 0.29) is 0 Å². The van der Waals surface area contributed by atoms with Gasteiger partial charge in [-0.1, -0.05) is 31.5 Å². The van der Waals surface area contributed by atoms with E-state index in [2.05, 4.69) is 30.4 Å². The molecule has 0 aliphatic heterocycles. The number of nitrogens with two attached hydrogens (primary N) is 1. The number of para-hydroxylation sites is 1. The van der Waals surface area contributed by atoms with Gasteiger partial charge >= 0.3 is 0 Å². The van der Waals surface area contributed by atoms with Gasteiger partial charge in [-0.2, -0.15) is 0 Å². The molecule has 0 saturated carbocycles. The van der Waals surface area contributed by atoms with Gasteiger partial charge in [0, 0.05) is 0 Å². The lowest BCUT2D eigenvalue weighted by atomic mass is 10.1. The molecular weight excluding hydrogens is 174 g/mol. The van der Waals surface area contributed by atoms with Gasteiger partial charge in [0.25, 0.3) is 0 Å². The van der Waals surface area contributed by atoms with Gasteiger partial charge in [0.2, 0.25) is 0 Å². The molecule has 0 spiro atoms. The molecule has 0 atom stereocenters. The second-order valence-electron chi connectivity index (χ2n) is 3.36. The van der Waals surface area contributed by atoms with Crippen LogP contribution in [0.2, 0.25) is 0 Å². The van der Waals surface area contributed by atoms with E-state index < -0.39 is 0 Å². The summed E-state index contributed by atoms with van der Waals surface area (Å²) in [6.07, 6.45) is 2.22. The third-order valence-electron chi connectivity index (χ3n) is 2.15. The second-order valence-corrected chi connectivity index (χ2v) is 3.36. The molecule has 14 heavy (non-hydrogen) atoms. The summed E-state index contributed by atoms with van der Waals surface area (Å²) in [5.41, 5.74) is 2.43. The molecule has 3 heteroatoms. The van der Waals surface area contributed by atoms with Gasteiger partial charge in [0.15, 0.2) is 0 Å². The van der Waals surface area contributed by atoms with Crippen LogP contribution in [-0.2, 0) is 6.42 Å². The minimum Gasteiger partial charge on any atom is -0.302 e. The highest BCUT2D eigenvalue weighted by Gasteiger charge is 2.04. The lowest BCUT2D eigenvalue weighted by Gasteiger charge is -2.21. The number of hydrazine groups is 1. The van der Waals surface area contributed by atoms with Crippen molar-refractivity contribution >= 4 is 5.69 Å². The normalized spacial score (nSPS) is 10.2. The summed E-state index contributed by atoms with van der Waals surface area (Å²) in [6, 6.07) is 8.27. The molecule has 3 nitrogen and oxygen atoms in total. The van der Waals surface area contributed by atoms with Crippen molar-refractivity contribution in [2.24, 2.45) is 5.84 Å². The third-order valence-corrected chi connectivity index (χ3v) is 2.15. The van der Waals surface area contributed by atoms with E-state index in [0.717, 1.165) is 18.5 Å². The Kier molecular flexibility index (Phi) is 4.43. The highest BCUT2D eigenvalue weighted by molar-refractivity contribution is 5.52. The molecule has 0 aromatic heterocycles. The van der Waals surface area contributed by atoms with Crippen molar-refractivity contribution in [3.05, 3.63) is 29.8 Å². The summed E-state index contributed by atoms with van der Waals surface area (Å²) in [7, 11) is 1.89. The lowest BCUT2D eigenvalue weighted by molar-refractivity contribution is 0.734. The minimum absolute atomic E-state index is 0.667. The number of nitrogens with zero attached hydrogens (tertiary/aromatic N) is 1. The van der Waals surface area contributed by atoms with Crippen molar-refractivity contribution in [2.75, 3.05) is 18.7 Å². The molecule has 0 heterocycles. The Hall–Kier alpha value is -1.06. The number of nitrogens with one attached hydrogen (secondary N) is 1. The molecule has 0 saturated heterocycles. The molecule has 1 aromatic rings. The summed E-state index contributed by atoms with van der Waals surface area (Å²) in [5.74, 6) is 5.91. The maximum Gasteiger partial charge on any atom is 0.0833 e. The highest BCUT2D eigenvalue weighted by Crippen LogP contribution is 2.18. The van der Waals surface area contributed by atoms with Gasteiger partial charge in [-0.25, -0.2) is 5.84 Å². The molecule has 0 amide bonds. The number of anilines is 1. The van der Waals surface area contributed by atoms with Crippen LogP contribution in [0.5, 0.6) is 0 Å². The van der Waals surface area contributed by atoms with Crippen LogP contribution in [0.4, 0.5) is 5.69 Å². The van der Waals surface area contributed by atoms with Crippen LogP contribution in [0.25, 0.3) is 0 Å². The predicted molar refractivity (Wildman–Crippen MR) is 61.0 cm³/mol. The molecule has 0 fully saturated rings. The fraction of sp³-hybridized carbons (Fsp3) is 0.455. The zero-order chi connectivity index (χ0) is 10.4. The summed E-state index contributed by atoms with van der Waals surface area (Å²) in [6.45, 7) is 2.84. The summed E-state index contributed by atoms with van der Waals surface area (Å²) in [5, 5.41) is 4.78. The molecule has 1 rings (SSSR count). The molecule has 3 N–H and O–H groups in total. The maximum atomic E-state index is 5.91. The molecule has 1 aromatic carbocycles. The van der Waals surface area contributed by atoms with Crippen LogP contribution < -0.4 is 16.2 Å². The second kappa shape index (κ2) is 5.62. The maximum absolute atomic E-state index is 5.91. The summed E-state index contributed by atoms with van der Waals surface area (Å²) in [4.78, 5) is 0. The van der Waals surface area contributed by atoms with E-state index in [1.54, 1.807) is 5.01 Å². The Morgan fingerprint density at radius 1 is 1.36 bits per heavy atom. The number of rotatable bonds is 5. The molecule has 0 unspecified atom stereocenters. The topological polar surface area (TPSA) is 41.3 Å². The lowest BCUT2D eigenvalue weighted by Crippen LogP contribution is -2.38. The van der Waals surface area contributed by atoms with Crippen LogP contribution in [0.1, 0.15) is 18.9 Å². The van der Waals surface area contributed by atoms with Crippen LogP contribution in [-0.4, -0.2) is 13.7 Å². The van der Waals surface area contributed by atoms with Crippen LogP contribution in [0, 0.1) is 0 Å². The summed E-state index contributed by atoms with van der Waals surface area (Å²) < 4.78 is 0. The standard InChI is InChI=1S/C11H19N3/c1-3-6-10-7-4-5-8-11(10)14(12)9-13-2/h4-5,7-8,13H,3,6,9,12H2,1-2H3.